The van der Waals surface area contributed by atoms with Gasteiger partial charge in [0, 0.05) is 20.1 Å². The molecule has 0 spiro atoms. The number of nitrogens with zero attached hydrogens (tertiary/aromatic N) is 2. The Hall–Kier alpha value is -1.00. The van der Waals surface area contributed by atoms with Crippen LogP contribution in [0.25, 0.3) is 0 Å². The zero-order chi connectivity index (χ0) is 14.4. The number of hydrogen-bond acceptors (Lipinski definition) is 3. The van der Waals surface area contributed by atoms with Gasteiger partial charge in [0.15, 0.2) is 0 Å². The van der Waals surface area contributed by atoms with E-state index in [9.17, 15) is 4.79 Å². The van der Waals surface area contributed by atoms with Crippen LogP contribution in [-0.2, 0) is 17.9 Å². The average molecular weight is 280 g/mol. The molecule has 0 radical (unpaired) electrons. The van der Waals surface area contributed by atoms with Crippen LogP contribution >= 0.6 is 11.8 Å². The summed E-state index contributed by atoms with van der Waals surface area (Å²) in [6, 6.07) is 8.32. The van der Waals surface area contributed by atoms with Crippen molar-refractivity contribution in [3.05, 3.63) is 35.4 Å². The monoisotopic (exact) mass is 280 g/mol. The molecular weight excluding hydrogens is 256 g/mol. The molecule has 0 saturated heterocycles. The first-order chi connectivity index (χ1) is 8.95. The van der Waals surface area contributed by atoms with E-state index in [0.29, 0.717) is 6.54 Å². The summed E-state index contributed by atoms with van der Waals surface area (Å²) in [7, 11) is 5.99. The summed E-state index contributed by atoms with van der Waals surface area (Å²) >= 11 is 1.59. The Kier molecular flexibility index (Phi) is 6.38. The maximum atomic E-state index is 12.1. The molecule has 0 aliphatic carbocycles. The summed E-state index contributed by atoms with van der Waals surface area (Å²) in [4.78, 5) is 16.1. The standard InChI is InChI=1S/C15H24N2OS/c1-12(19-5)15(18)17(4)11-14-9-7-6-8-13(14)10-16(2)3/h6-9,12H,10-11H2,1-5H3. The highest BCUT2D eigenvalue weighted by Crippen LogP contribution is 2.15. The molecule has 3 nitrogen and oxygen atoms in total. The number of rotatable bonds is 6. The van der Waals surface area contributed by atoms with Crippen molar-refractivity contribution in [2.24, 2.45) is 0 Å². The molecule has 0 aromatic heterocycles. The van der Waals surface area contributed by atoms with Crippen LogP contribution in [0.2, 0.25) is 0 Å². The fraction of sp³-hybridized carbons (Fsp3) is 0.533. The predicted molar refractivity (Wildman–Crippen MR) is 83.3 cm³/mol. The summed E-state index contributed by atoms with van der Waals surface area (Å²) in [6.07, 6.45) is 1.97. The van der Waals surface area contributed by atoms with E-state index >= 15 is 0 Å². The summed E-state index contributed by atoms with van der Waals surface area (Å²) in [5.41, 5.74) is 2.50. The van der Waals surface area contributed by atoms with Crippen LogP contribution in [0.4, 0.5) is 0 Å². The average Bonchev–Trinajstić information content (AvgIpc) is 2.38. The zero-order valence-electron chi connectivity index (χ0n) is 12.5. The van der Waals surface area contributed by atoms with E-state index in [1.807, 2.05) is 31.2 Å². The first-order valence-corrected chi connectivity index (χ1v) is 7.73. The third-order valence-electron chi connectivity index (χ3n) is 3.09. The van der Waals surface area contributed by atoms with E-state index < -0.39 is 0 Å². The van der Waals surface area contributed by atoms with Crippen molar-refractivity contribution in [3.63, 3.8) is 0 Å². The third-order valence-corrected chi connectivity index (χ3v) is 4.00. The van der Waals surface area contributed by atoms with Gasteiger partial charge in [0.05, 0.1) is 5.25 Å². The first kappa shape index (κ1) is 16.1. The van der Waals surface area contributed by atoms with Crippen molar-refractivity contribution in [2.75, 3.05) is 27.4 Å². The molecule has 1 amide bonds. The number of benzene rings is 1. The van der Waals surface area contributed by atoms with E-state index in [1.165, 1.54) is 11.1 Å². The highest BCUT2D eigenvalue weighted by Gasteiger charge is 2.17. The van der Waals surface area contributed by atoms with E-state index in [2.05, 4.69) is 37.2 Å². The smallest absolute Gasteiger partial charge is 0.235 e. The molecule has 106 valence electrons. The van der Waals surface area contributed by atoms with Crippen LogP contribution in [0.5, 0.6) is 0 Å². The van der Waals surface area contributed by atoms with E-state index in [1.54, 1.807) is 11.8 Å². The molecule has 0 saturated carbocycles. The third kappa shape index (κ3) is 4.88. The molecule has 0 fully saturated rings. The van der Waals surface area contributed by atoms with Gasteiger partial charge in [0.2, 0.25) is 5.91 Å². The van der Waals surface area contributed by atoms with Gasteiger partial charge in [-0.3, -0.25) is 4.79 Å². The van der Waals surface area contributed by atoms with Crippen LogP contribution in [-0.4, -0.2) is 48.4 Å². The van der Waals surface area contributed by atoms with Crippen LogP contribution in [0.1, 0.15) is 18.1 Å². The van der Waals surface area contributed by atoms with Crippen molar-refractivity contribution in [1.82, 2.24) is 9.80 Å². The van der Waals surface area contributed by atoms with Crippen molar-refractivity contribution in [1.29, 1.82) is 0 Å². The van der Waals surface area contributed by atoms with Crippen molar-refractivity contribution < 1.29 is 4.79 Å². The van der Waals surface area contributed by atoms with Gasteiger partial charge >= 0.3 is 0 Å². The fourth-order valence-corrected chi connectivity index (χ4v) is 2.33. The number of carbonyl (C=O) groups is 1. The van der Waals surface area contributed by atoms with Gasteiger partial charge in [0.25, 0.3) is 0 Å². The largest absolute Gasteiger partial charge is 0.340 e. The minimum absolute atomic E-state index is 0.0195. The van der Waals surface area contributed by atoms with Gasteiger partial charge in [-0.05, 0) is 38.4 Å². The number of thioether (sulfide) groups is 1. The highest BCUT2D eigenvalue weighted by atomic mass is 32.2. The lowest BCUT2D eigenvalue weighted by Crippen LogP contribution is -2.33. The minimum Gasteiger partial charge on any atom is -0.340 e. The number of hydrogen-bond donors (Lipinski definition) is 0. The maximum absolute atomic E-state index is 12.1. The quantitative estimate of drug-likeness (QED) is 0.800. The topological polar surface area (TPSA) is 23.6 Å². The Morgan fingerprint density at radius 1 is 1.16 bits per heavy atom. The number of carbonyl (C=O) groups excluding carboxylic acids is 1. The molecule has 19 heavy (non-hydrogen) atoms. The molecule has 0 bridgehead atoms. The van der Waals surface area contributed by atoms with Crippen LogP contribution in [0, 0.1) is 0 Å². The Morgan fingerprint density at radius 3 is 2.16 bits per heavy atom. The van der Waals surface area contributed by atoms with E-state index in [0.717, 1.165) is 6.54 Å². The number of amides is 1. The van der Waals surface area contributed by atoms with Crippen molar-refractivity contribution in [2.45, 2.75) is 25.3 Å². The molecule has 1 aromatic rings. The Balaban J connectivity index is 2.78. The second-order valence-corrected chi connectivity index (χ2v) is 6.26. The summed E-state index contributed by atoms with van der Waals surface area (Å²) in [5, 5.41) is 0.0195. The Bertz CT molecular complexity index is 420. The van der Waals surface area contributed by atoms with Gasteiger partial charge in [-0.25, -0.2) is 0 Å². The van der Waals surface area contributed by atoms with Crippen molar-refractivity contribution >= 4 is 17.7 Å². The maximum Gasteiger partial charge on any atom is 0.235 e. The van der Waals surface area contributed by atoms with E-state index in [-0.39, 0.29) is 11.2 Å². The van der Waals surface area contributed by atoms with Gasteiger partial charge in [-0.1, -0.05) is 24.3 Å². The Labute approximate surface area is 121 Å². The van der Waals surface area contributed by atoms with Gasteiger partial charge < -0.3 is 9.80 Å². The van der Waals surface area contributed by atoms with Gasteiger partial charge in [0.1, 0.15) is 0 Å². The second kappa shape index (κ2) is 7.56. The first-order valence-electron chi connectivity index (χ1n) is 6.45. The summed E-state index contributed by atoms with van der Waals surface area (Å²) in [5.74, 6) is 0.187. The summed E-state index contributed by atoms with van der Waals surface area (Å²) in [6.45, 7) is 3.53. The van der Waals surface area contributed by atoms with Crippen LogP contribution in [0.3, 0.4) is 0 Å². The lowest BCUT2D eigenvalue weighted by molar-refractivity contribution is -0.129. The molecule has 0 heterocycles. The molecule has 0 aliphatic heterocycles. The minimum atomic E-state index is 0.0195. The normalized spacial score (nSPS) is 12.5. The zero-order valence-corrected chi connectivity index (χ0v) is 13.3. The lowest BCUT2D eigenvalue weighted by Gasteiger charge is -2.22. The van der Waals surface area contributed by atoms with Crippen molar-refractivity contribution in [3.8, 4) is 0 Å². The highest BCUT2D eigenvalue weighted by molar-refractivity contribution is 7.99. The van der Waals surface area contributed by atoms with Crippen LogP contribution in [0.15, 0.2) is 24.3 Å². The molecule has 1 aromatic carbocycles. The molecule has 0 N–H and O–H groups in total. The Morgan fingerprint density at radius 2 is 1.68 bits per heavy atom. The fourth-order valence-electron chi connectivity index (χ4n) is 1.95. The molecule has 1 unspecified atom stereocenters. The predicted octanol–water partition coefficient (Wildman–Crippen LogP) is 2.46. The molecule has 0 aliphatic rings. The summed E-state index contributed by atoms with van der Waals surface area (Å²) < 4.78 is 0. The van der Waals surface area contributed by atoms with E-state index in [4.69, 9.17) is 0 Å². The molecule has 1 rings (SSSR count). The van der Waals surface area contributed by atoms with Gasteiger partial charge in [-0.15, -0.1) is 0 Å². The van der Waals surface area contributed by atoms with Crippen LogP contribution < -0.4 is 0 Å². The van der Waals surface area contributed by atoms with Gasteiger partial charge in [-0.2, -0.15) is 11.8 Å². The second-order valence-electron chi connectivity index (χ2n) is 5.08. The molecule has 4 heteroatoms. The molecule has 1 atom stereocenters. The molecular formula is C15H24N2OS. The SMILES string of the molecule is CSC(C)C(=O)N(C)Cc1ccccc1CN(C)C. The lowest BCUT2D eigenvalue weighted by atomic mass is 10.1.